The molecule has 146 valence electrons. The summed E-state index contributed by atoms with van der Waals surface area (Å²) in [4.78, 5) is 17.5. The van der Waals surface area contributed by atoms with Gasteiger partial charge in [-0.15, -0.1) is 11.3 Å². The molecule has 1 amide bonds. The maximum absolute atomic E-state index is 13.5. The van der Waals surface area contributed by atoms with E-state index in [4.69, 9.17) is 23.2 Å². The van der Waals surface area contributed by atoms with Gasteiger partial charge in [-0.05, 0) is 42.0 Å². The van der Waals surface area contributed by atoms with Crippen molar-refractivity contribution in [3.05, 3.63) is 80.0 Å². The fourth-order valence-electron chi connectivity index (χ4n) is 2.44. The van der Waals surface area contributed by atoms with Gasteiger partial charge in [0.05, 0.1) is 26.3 Å². The molecular formula is C19H9Cl2F2N3OS2. The smallest absolute Gasteiger partial charge is 0.267 e. The summed E-state index contributed by atoms with van der Waals surface area (Å²) in [6.45, 7) is 0. The van der Waals surface area contributed by atoms with Crippen molar-refractivity contribution in [1.29, 1.82) is 0 Å². The van der Waals surface area contributed by atoms with Crippen LogP contribution in [0, 0.1) is 11.6 Å². The van der Waals surface area contributed by atoms with Crippen LogP contribution in [0.25, 0.3) is 10.2 Å². The van der Waals surface area contributed by atoms with Gasteiger partial charge < -0.3 is 0 Å². The molecule has 10 heteroatoms. The summed E-state index contributed by atoms with van der Waals surface area (Å²) in [6.07, 6.45) is 1.39. The van der Waals surface area contributed by atoms with E-state index in [1.807, 2.05) is 0 Å². The summed E-state index contributed by atoms with van der Waals surface area (Å²) in [7, 11) is 0. The third kappa shape index (κ3) is 4.30. The Bertz CT molecular complexity index is 1240. The van der Waals surface area contributed by atoms with Crippen LogP contribution in [0.15, 0.2) is 53.6 Å². The molecule has 0 N–H and O–H groups in total. The van der Waals surface area contributed by atoms with Crippen LogP contribution in [0.2, 0.25) is 8.67 Å². The zero-order chi connectivity index (χ0) is 20.5. The van der Waals surface area contributed by atoms with E-state index < -0.39 is 11.7 Å². The number of hydrazone groups is 1. The maximum atomic E-state index is 13.5. The average molecular weight is 468 g/mol. The molecule has 0 saturated carbocycles. The Morgan fingerprint density at radius 2 is 1.76 bits per heavy atom. The summed E-state index contributed by atoms with van der Waals surface area (Å²) >= 11 is 14.3. The predicted molar refractivity (Wildman–Crippen MR) is 115 cm³/mol. The number of nitrogens with zero attached hydrogens (tertiary/aromatic N) is 3. The first kappa shape index (κ1) is 19.9. The van der Waals surface area contributed by atoms with E-state index in [-0.39, 0.29) is 20.8 Å². The number of rotatable bonds is 4. The van der Waals surface area contributed by atoms with Crippen LogP contribution in [0.4, 0.5) is 13.9 Å². The Hall–Kier alpha value is -2.39. The first-order valence-corrected chi connectivity index (χ1v) is 10.4. The van der Waals surface area contributed by atoms with Crippen LogP contribution in [0.5, 0.6) is 0 Å². The maximum Gasteiger partial charge on any atom is 0.283 e. The van der Waals surface area contributed by atoms with Crippen LogP contribution < -0.4 is 5.01 Å². The molecule has 29 heavy (non-hydrogen) atoms. The third-order valence-electron chi connectivity index (χ3n) is 3.79. The van der Waals surface area contributed by atoms with E-state index in [1.165, 1.54) is 54.7 Å². The summed E-state index contributed by atoms with van der Waals surface area (Å²) in [5.74, 6) is -1.34. The highest BCUT2D eigenvalue weighted by Crippen LogP contribution is 2.35. The lowest BCUT2D eigenvalue weighted by Crippen LogP contribution is -2.25. The number of benzene rings is 2. The van der Waals surface area contributed by atoms with Crippen molar-refractivity contribution in [2.75, 3.05) is 5.01 Å². The fourth-order valence-corrected chi connectivity index (χ4v) is 4.83. The normalized spacial score (nSPS) is 11.4. The number of carbonyl (C=O) groups is 1. The van der Waals surface area contributed by atoms with E-state index in [2.05, 4.69) is 10.1 Å². The van der Waals surface area contributed by atoms with Crippen LogP contribution in [0.3, 0.4) is 0 Å². The van der Waals surface area contributed by atoms with E-state index in [9.17, 15) is 13.6 Å². The summed E-state index contributed by atoms with van der Waals surface area (Å²) < 4.78 is 27.8. The molecule has 2 aromatic heterocycles. The SMILES string of the molecule is O=C(c1cc(Cl)sc1Cl)N(/N=C/c1ccc(F)cc1)c1nc2ccc(F)cc2s1. The molecule has 0 radical (unpaired) electrons. The molecule has 0 spiro atoms. The van der Waals surface area contributed by atoms with Crippen LogP contribution in [-0.4, -0.2) is 17.1 Å². The number of thiophene rings is 1. The van der Waals surface area contributed by atoms with Crippen LogP contribution in [0.1, 0.15) is 15.9 Å². The molecule has 4 aromatic rings. The van der Waals surface area contributed by atoms with Gasteiger partial charge in [-0.3, -0.25) is 4.79 Å². The number of hydrogen-bond acceptors (Lipinski definition) is 5. The Morgan fingerprint density at radius 1 is 1.03 bits per heavy atom. The zero-order valence-electron chi connectivity index (χ0n) is 14.3. The molecule has 0 atom stereocenters. The Morgan fingerprint density at radius 3 is 2.45 bits per heavy atom. The third-order valence-corrected chi connectivity index (χ3v) is 6.27. The van der Waals surface area contributed by atoms with Gasteiger partial charge in [0, 0.05) is 0 Å². The highest BCUT2D eigenvalue weighted by Gasteiger charge is 2.25. The Balaban J connectivity index is 1.77. The van der Waals surface area contributed by atoms with E-state index in [0.717, 1.165) is 27.7 Å². The number of thiazole rings is 1. The number of carbonyl (C=O) groups excluding carboxylic acids is 1. The lowest BCUT2D eigenvalue weighted by Gasteiger charge is -2.13. The molecule has 4 rings (SSSR count). The minimum atomic E-state index is -0.545. The largest absolute Gasteiger partial charge is 0.283 e. The minimum absolute atomic E-state index is 0.170. The van der Waals surface area contributed by atoms with Crippen molar-refractivity contribution >= 4 is 73.3 Å². The highest BCUT2D eigenvalue weighted by atomic mass is 35.5. The topological polar surface area (TPSA) is 45.6 Å². The molecule has 2 aromatic carbocycles. The van der Waals surface area contributed by atoms with Crippen molar-refractivity contribution in [3.63, 3.8) is 0 Å². The Labute approximate surface area is 181 Å². The number of fused-ring (bicyclic) bond motifs is 1. The molecule has 0 fully saturated rings. The first-order chi connectivity index (χ1) is 13.9. The van der Waals surface area contributed by atoms with Gasteiger partial charge in [0.25, 0.3) is 5.91 Å². The van der Waals surface area contributed by atoms with Crippen LogP contribution >= 0.6 is 45.9 Å². The lowest BCUT2D eigenvalue weighted by molar-refractivity contribution is 0.0988. The van der Waals surface area contributed by atoms with Gasteiger partial charge in [0.15, 0.2) is 0 Å². The van der Waals surface area contributed by atoms with Crippen molar-refractivity contribution in [1.82, 2.24) is 4.98 Å². The molecular weight excluding hydrogens is 459 g/mol. The molecule has 0 aliphatic rings. The summed E-state index contributed by atoms with van der Waals surface area (Å²) in [6, 6.07) is 11.2. The van der Waals surface area contributed by atoms with Gasteiger partial charge in [0.1, 0.15) is 16.0 Å². The molecule has 0 saturated heterocycles. The average Bonchev–Trinajstić information content (AvgIpc) is 3.25. The quantitative estimate of drug-likeness (QED) is 0.250. The number of hydrogen-bond donors (Lipinski definition) is 0. The highest BCUT2D eigenvalue weighted by molar-refractivity contribution is 7.22. The van der Waals surface area contributed by atoms with Gasteiger partial charge in [-0.2, -0.15) is 10.1 Å². The lowest BCUT2D eigenvalue weighted by atomic mass is 10.2. The van der Waals surface area contributed by atoms with Gasteiger partial charge in [-0.1, -0.05) is 46.7 Å². The van der Waals surface area contributed by atoms with E-state index in [0.29, 0.717) is 20.1 Å². The van der Waals surface area contributed by atoms with Crippen molar-refractivity contribution in [2.45, 2.75) is 0 Å². The van der Waals surface area contributed by atoms with Crippen molar-refractivity contribution < 1.29 is 13.6 Å². The van der Waals surface area contributed by atoms with Gasteiger partial charge in [0.2, 0.25) is 5.13 Å². The van der Waals surface area contributed by atoms with Gasteiger partial charge in [-0.25, -0.2) is 13.8 Å². The monoisotopic (exact) mass is 467 g/mol. The second-order valence-electron chi connectivity index (χ2n) is 5.76. The number of amides is 1. The predicted octanol–water partition coefficient (Wildman–Crippen LogP) is 6.62. The molecule has 0 aliphatic carbocycles. The standard InChI is InChI=1S/C19H9Cl2F2N3OS2/c20-16-8-13(17(21)29-16)18(27)26(24-9-10-1-3-11(22)4-2-10)19-25-14-6-5-12(23)7-15(14)28-19/h1-9H/b24-9+. The van der Waals surface area contributed by atoms with Gasteiger partial charge >= 0.3 is 0 Å². The van der Waals surface area contributed by atoms with E-state index >= 15 is 0 Å². The summed E-state index contributed by atoms with van der Waals surface area (Å²) in [5, 5.41) is 5.53. The minimum Gasteiger partial charge on any atom is -0.267 e. The summed E-state index contributed by atoms with van der Waals surface area (Å²) in [5.41, 5.74) is 1.27. The molecule has 2 heterocycles. The molecule has 4 nitrogen and oxygen atoms in total. The first-order valence-electron chi connectivity index (χ1n) is 8.05. The second kappa shape index (κ2) is 8.16. The number of halogens is 4. The molecule has 0 unspecified atom stereocenters. The van der Waals surface area contributed by atoms with Crippen LogP contribution in [-0.2, 0) is 0 Å². The van der Waals surface area contributed by atoms with Crippen molar-refractivity contribution in [2.24, 2.45) is 5.10 Å². The number of anilines is 1. The number of aromatic nitrogens is 1. The Kier molecular flexibility index (Phi) is 5.60. The molecule has 0 bridgehead atoms. The fraction of sp³-hybridized carbons (Fsp3) is 0. The van der Waals surface area contributed by atoms with Crippen molar-refractivity contribution in [3.8, 4) is 0 Å². The second-order valence-corrected chi connectivity index (χ2v) is 9.05. The molecule has 0 aliphatic heterocycles. The van der Waals surface area contributed by atoms with E-state index in [1.54, 1.807) is 0 Å². The zero-order valence-corrected chi connectivity index (χ0v) is 17.4.